The molecule has 1 saturated carbocycles. The molecular formula is C13H22N4. The highest BCUT2D eigenvalue weighted by molar-refractivity contribution is 5.32. The molecular weight excluding hydrogens is 212 g/mol. The lowest BCUT2D eigenvalue weighted by Crippen LogP contribution is -2.44. The van der Waals surface area contributed by atoms with Crippen LogP contribution in [-0.4, -0.2) is 35.7 Å². The number of rotatable bonds is 2. The fourth-order valence-corrected chi connectivity index (χ4v) is 3.06. The topological polar surface area (TPSA) is 33.1 Å². The molecule has 2 heterocycles. The maximum atomic E-state index is 4.58. The van der Waals surface area contributed by atoms with Crippen LogP contribution < -0.4 is 10.2 Å². The summed E-state index contributed by atoms with van der Waals surface area (Å²) in [5.74, 6) is 1.19. The first-order valence-corrected chi connectivity index (χ1v) is 6.93. The maximum Gasteiger partial charge on any atom is 0.205 e. The SMILES string of the molecule is c1cn(C2CCCCC2)c(N2CCNCC2)n1. The highest BCUT2D eigenvalue weighted by atomic mass is 15.3. The molecule has 17 heavy (non-hydrogen) atoms. The van der Waals surface area contributed by atoms with Crippen LogP contribution in [0.4, 0.5) is 5.95 Å². The third-order valence-corrected chi connectivity index (χ3v) is 4.02. The third kappa shape index (κ3) is 2.32. The van der Waals surface area contributed by atoms with E-state index in [0.717, 1.165) is 26.2 Å². The fraction of sp³-hybridized carbons (Fsp3) is 0.769. The van der Waals surface area contributed by atoms with E-state index in [9.17, 15) is 0 Å². The van der Waals surface area contributed by atoms with Gasteiger partial charge in [-0.15, -0.1) is 0 Å². The number of imidazole rings is 1. The summed E-state index contributed by atoms with van der Waals surface area (Å²) in [5, 5.41) is 3.40. The first kappa shape index (κ1) is 11.1. The van der Waals surface area contributed by atoms with E-state index in [-0.39, 0.29) is 0 Å². The molecule has 0 atom stereocenters. The van der Waals surface area contributed by atoms with E-state index in [1.807, 2.05) is 6.20 Å². The highest BCUT2D eigenvalue weighted by Crippen LogP contribution is 2.31. The van der Waals surface area contributed by atoms with Gasteiger partial charge in [-0.3, -0.25) is 0 Å². The Morgan fingerprint density at radius 1 is 1.12 bits per heavy atom. The lowest BCUT2D eigenvalue weighted by molar-refractivity contribution is 0.352. The molecule has 0 unspecified atom stereocenters. The van der Waals surface area contributed by atoms with Gasteiger partial charge in [-0.25, -0.2) is 4.98 Å². The van der Waals surface area contributed by atoms with Gasteiger partial charge < -0.3 is 14.8 Å². The Morgan fingerprint density at radius 2 is 1.88 bits per heavy atom. The monoisotopic (exact) mass is 234 g/mol. The Hall–Kier alpha value is -1.03. The molecule has 4 heteroatoms. The van der Waals surface area contributed by atoms with E-state index in [1.165, 1.54) is 38.1 Å². The van der Waals surface area contributed by atoms with Gasteiger partial charge in [0.05, 0.1) is 0 Å². The van der Waals surface area contributed by atoms with Gasteiger partial charge in [-0.2, -0.15) is 0 Å². The van der Waals surface area contributed by atoms with Crippen LogP contribution in [-0.2, 0) is 0 Å². The molecule has 0 bridgehead atoms. The predicted molar refractivity (Wildman–Crippen MR) is 69.4 cm³/mol. The van der Waals surface area contributed by atoms with Gasteiger partial charge in [-0.05, 0) is 12.8 Å². The Morgan fingerprint density at radius 3 is 2.65 bits per heavy atom. The Bertz CT molecular complexity index is 316. The van der Waals surface area contributed by atoms with Crippen molar-refractivity contribution in [1.29, 1.82) is 0 Å². The molecule has 0 aromatic carbocycles. The molecule has 3 rings (SSSR count). The van der Waals surface area contributed by atoms with Gasteiger partial charge in [0.2, 0.25) is 5.95 Å². The predicted octanol–water partition coefficient (Wildman–Crippen LogP) is 1.80. The van der Waals surface area contributed by atoms with Crippen molar-refractivity contribution in [3.63, 3.8) is 0 Å². The van der Waals surface area contributed by atoms with Crippen molar-refractivity contribution in [2.75, 3.05) is 31.1 Å². The minimum Gasteiger partial charge on any atom is -0.340 e. The van der Waals surface area contributed by atoms with Gasteiger partial charge in [0.15, 0.2) is 0 Å². The van der Waals surface area contributed by atoms with Crippen molar-refractivity contribution < 1.29 is 0 Å². The van der Waals surface area contributed by atoms with Crippen LogP contribution in [0.25, 0.3) is 0 Å². The van der Waals surface area contributed by atoms with Gasteiger partial charge in [-0.1, -0.05) is 19.3 Å². The minimum absolute atomic E-state index is 0.691. The number of nitrogens with one attached hydrogen (secondary N) is 1. The normalized spacial score (nSPS) is 22.9. The van der Waals surface area contributed by atoms with E-state index in [0.29, 0.717) is 6.04 Å². The number of nitrogens with zero attached hydrogens (tertiary/aromatic N) is 3. The average molecular weight is 234 g/mol. The summed E-state index contributed by atoms with van der Waals surface area (Å²) in [7, 11) is 0. The summed E-state index contributed by atoms with van der Waals surface area (Å²) < 4.78 is 2.42. The lowest BCUT2D eigenvalue weighted by Gasteiger charge is -2.32. The van der Waals surface area contributed by atoms with Gasteiger partial charge in [0.1, 0.15) is 0 Å². The molecule has 1 saturated heterocycles. The Labute approximate surface area is 103 Å². The second kappa shape index (κ2) is 5.08. The largest absolute Gasteiger partial charge is 0.340 e. The van der Waals surface area contributed by atoms with Crippen LogP contribution in [0.1, 0.15) is 38.1 Å². The second-order valence-electron chi connectivity index (χ2n) is 5.16. The zero-order valence-electron chi connectivity index (χ0n) is 10.4. The number of anilines is 1. The summed E-state index contributed by atoms with van der Waals surface area (Å²) in [6.07, 6.45) is 11.0. The number of aromatic nitrogens is 2. The van der Waals surface area contributed by atoms with Crippen molar-refractivity contribution in [3.05, 3.63) is 12.4 Å². The van der Waals surface area contributed by atoms with Crippen molar-refractivity contribution in [2.45, 2.75) is 38.1 Å². The molecule has 94 valence electrons. The summed E-state index contributed by atoms with van der Waals surface area (Å²) in [4.78, 5) is 7.00. The third-order valence-electron chi connectivity index (χ3n) is 4.02. The van der Waals surface area contributed by atoms with Crippen LogP contribution in [0.15, 0.2) is 12.4 Å². The zero-order valence-corrected chi connectivity index (χ0v) is 10.4. The summed E-state index contributed by atoms with van der Waals surface area (Å²) in [5.41, 5.74) is 0. The number of hydrogen-bond acceptors (Lipinski definition) is 3. The van der Waals surface area contributed by atoms with Gasteiger partial charge in [0.25, 0.3) is 0 Å². The van der Waals surface area contributed by atoms with Crippen LogP contribution in [0.3, 0.4) is 0 Å². The summed E-state index contributed by atoms with van der Waals surface area (Å²) >= 11 is 0. The van der Waals surface area contributed by atoms with E-state index in [1.54, 1.807) is 0 Å². The molecule has 0 amide bonds. The minimum atomic E-state index is 0.691. The average Bonchev–Trinajstić information content (AvgIpc) is 2.90. The second-order valence-corrected chi connectivity index (χ2v) is 5.16. The van der Waals surface area contributed by atoms with E-state index in [2.05, 4.69) is 26.0 Å². The van der Waals surface area contributed by atoms with E-state index >= 15 is 0 Å². The van der Waals surface area contributed by atoms with Crippen LogP contribution in [0, 0.1) is 0 Å². The quantitative estimate of drug-likeness (QED) is 0.847. The lowest BCUT2D eigenvalue weighted by atomic mass is 9.95. The van der Waals surface area contributed by atoms with E-state index in [4.69, 9.17) is 0 Å². The van der Waals surface area contributed by atoms with Crippen LogP contribution in [0.2, 0.25) is 0 Å². The first-order valence-electron chi connectivity index (χ1n) is 6.93. The maximum absolute atomic E-state index is 4.58. The van der Waals surface area contributed by atoms with Crippen LogP contribution in [0.5, 0.6) is 0 Å². The standard InChI is InChI=1S/C13H22N4/c1-2-4-12(5-3-1)17-11-8-15-13(17)16-9-6-14-7-10-16/h8,11-12,14H,1-7,9-10H2. The van der Waals surface area contributed by atoms with Crippen LogP contribution >= 0.6 is 0 Å². The van der Waals surface area contributed by atoms with Crippen molar-refractivity contribution in [3.8, 4) is 0 Å². The van der Waals surface area contributed by atoms with Gasteiger partial charge in [0, 0.05) is 44.6 Å². The highest BCUT2D eigenvalue weighted by Gasteiger charge is 2.21. The summed E-state index contributed by atoms with van der Waals surface area (Å²) in [6, 6.07) is 0.691. The fourth-order valence-electron chi connectivity index (χ4n) is 3.06. The molecule has 1 aliphatic carbocycles. The molecule has 2 fully saturated rings. The molecule has 0 radical (unpaired) electrons. The van der Waals surface area contributed by atoms with Gasteiger partial charge >= 0.3 is 0 Å². The molecule has 1 aromatic rings. The molecule has 2 aliphatic rings. The Kier molecular flexibility index (Phi) is 3.31. The molecule has 1 aliphatic heterocycles. The molecule has 1 aromatic heterocycles. The van der Waals surface area contributed by atoms with Crippen molar-refractivity contribution >= 4 is 5.95 Å². The number of piperazine rings is 1. The summed E-state index contributed by atoms with van der Waals surface area (Å²) in [6.45, 7) is 4.34. The van der Waals surface area contributed by atoms with E-state index < -0.39 is 0 Å². The smallest absolute Gasteiger partial charge is 0.205 e. The Balaban J connectivity index is 1.77. The molecule has 0 spiro atoms. The van der Waals surface area contributed by atoms with Crippen molar-refractivity contribution in [2.24, 2.45) is 0 Å². The molecule has 1 N–H and O–H groups in total. The molecule has 4 nitrogen and oxygen atoms in total. The zero-order chi connectivity index (χ0) is 11.5. The van der Waals surface area contributed by atoms with Crippen molar-refractivity contribution in [1.82, 2.24) is 14.9 Å². The first-order chi connectivity index (χ1) is 8.45. The number of hydrogen-bond donors (Lipinski definition) is 1.